The second kappa shape index (κ2) is 4.60. The van der Waals surface area contributed by atoms with Gasteiger partial charge in [0.1, 0.15) is 5.15 Å². The predicted molar refractivity (Wildman–Crippen MR) is 90.4 cm³/mol. The number of allylic oxidation sites excluding steroid dienone is 2. The minimum Gasteiger partial charge on any atom is -0.311 e. The van der Waals surface area contributed by atoms with Gasteiger partial charge in [0.2, 0.25) is 5.91 Å². The minimum absolute atomic E-state index is 0.152. The SMILES string of the molecule is CC1C=C2CC3CC(C(=O)N4CCc5c4ccnc5Cl)(C1)CC23. The molecule has 0 N–H and O–H groups in total. The summed E-state index contributed by atoms with van der Waals surface area (Å²) in [6.07, 6.45) is 9.39. The predicted octanol–water partition coefficient (Wildman–Crippen LogP) is 4.01. The van der Waals surface area contributed by atoms with Gasteiger partial charge in [0.15, 0.2) is 0 Å². The number of carbonyl (C=O) groups is 1. The molecule has 4 atom stereocenters. The molecular formula is C19H21ClN2O. The van der Waals surface area contributed by atoms with Gasteiger partial charge in [-0.3, -0.25) is 4.79 Å². The molecule has 3 aliphatic carbocycles. The maximum absolute atomic E-state index is 13.6. The van der Waals surface area contributed by atoms with E-state index >= 15 is 0 Å². The molecule has 120 valence electrons. The maximum Gasteiger partial charge on any atom is 0.233 e. The zero-order valence-electron chi connectivity index (χ0n) is 13.4. The van der Waals surface area contributed by atoms with E-state index in [1.54, 1.807) is 11.8 Å². The van der Waals surface area contributed by atoms with E-state index in [1.807, 2.05) is 11.0 Å². The van der Waals surface area contributed by atoms with Gasteiger partial charge in [0, 0.05) is 18.3 Å². The van der Waals surface area contributed by atoms with Crippen molar-refractivity contribution in [1.82, 2.24) is 4.98 Å². The molecular weight excluding hydrogens is 308 g/mol. The largest absolute Gasteiger partial charge is 0.311 e. The smallest absolute Gasteiger partial charge is 0.233 e. The monoisotopic (exact) mass is 328 g/mol. The molecule has 3 nitrogen and oxygen atoms in total. The van der Waals surface area contributed by atoms with E-state index in [4.69, 9.17) is 11.6 Å². The number of aromatic nitrogens is 1. The number of nitrogens with zero attached hydrogens (tertiary/aromatic N) is 2. The van der Waals surface area contributed by atoms with Crippen LogP contribution in [0.2, 0.25) is 5.15 Å². The van der Waals surface area contributed by atoms with Crippen LogP contribution in [0.3, 0.4) is 0 Å². The van der Waals surface area contributed by atoms with Gasteiger partial charge < -0.3 is 4.90 Å². The number of carbonyl (C=O) groups excluding carboxylic acids is 1. The van der Waals surface area contributed by atoms with Gasteiger partial charge in [0.25, 0.3) is 0 Å². The van der Waals surface area contributed by atoms with Crippen LogP contribution in [0.25, 0.3) is 0 Å². The molecule has 0 saturated heterocycles. The van der Waals surface area contributed by atoms with Crippen molar-refractivity contribution < 1.29 is 4.79 Å². The Balaban J connectivity index is 1.52. The molecule has 0 spiro atoms. The van der Waals surface area contributed by atoms with E-state index in [9.17, 15) is 4.79 Å². The van der Waals surface area contributed by atoms with Crippen LogP contribution in [-0.4, -0.2) is 17.4 Å². The first kappa shape index (κ1) is 14.0. The first-order valence-corrected chi connectivity index (χ1v) is 9.11. The molecule has 5 rings (SSSR count). The lowest BCUT2D eigenvalue weighted by atomic mass is 9.69. The van der Waals surface area contributed by atoms with Gasteiger partial charge in [-0.2, -0.15) is 0 Å². The number of fused-ring (bicyclic) bond motifs is 2. The Kier molecular flexibility index (Phi) is 2.80. The van der Waals surface area contributed by atoms with Crippen molar-refractivity contribution in [2.45, 2.75) is 39.0 Å². The summed E-state index contributed by atoms with van der Waals surface area (Å²) >= 11 is 6.22. The Morgan fingerprint density at radius 2 is 2.26 bits per heavy atom. The molecule has 1 aliphatic heterocycles. The zero-order valence-corrected chi connectivity index (χ0v) is 14.1. The Labute approximate surface area is 141 Å². The van der Waals surface area contributed by atoms with Crippen LogP contribution in [0.1, 0.15) is 38.2 Å². The molecule has 1 amide bonds. The van der Waals surface area contributed by atoms with Crippen LogP contribution in [0.15, 0.2) is 23.9 Å². The van der Waals surface area contributed by atoms with E-state index in [0.29, 0.717) is 22.9 Å². The highest BCUT2D eigenvalue weighted by atomic mass is 35.5. The summed E-state index contributed by atoms with van der Waals surface area (Å²) in [5, 5.41) is 0.556. The van der Waals surface area contributed by atoms with Crippen molar-refractivity contribution in [3.8, 4) is 0 Å². The third-order valence-corrected chi connectivity index (χ3v) is 6.90. The van der Waals surface area contributed by atoms with Gasteiger partial charge in [-0.15, -0.1) is 0 Å². The Bertz CT molecular complexity index is 743. The Morgan fingerprint density at radius 3 is 3.13 bits per heavy atom. The second-order valence-corrected chi connectivity index (χ2v) is 8.35. The first-order chi connectivity index (χ1) is 11.1. The quantitative estimate of drug-likeness (QED) is 0.576. The molecule has 2 bridgehead atoms. The third-order valence-electron chi connectivity index (χ3n) is 6.57. The first-order valence-electron chi connectivity index (χ1n) is 8.73. The van der Waals surface area contributed by atoms with Crippen LogP contribution in [0.4, 0.5) is 5.69 Å². The summed E-state index contributed by atoms with van der Waals surface area (Å²) in [5.74, 6) is 2.30. The summed E-state index contributed by atoms with van der Waals surface area (Å²) in [7, 11) is 0. The summed E-state index contributed by atoms with van der Waals surface area (Å²) in [6, 6.07) is 1.95. The van der Waals surface area contributed by atoms with Crippen LogP contribution in [-0.2, 0) is 11.2 Å². The number of amides is 1. The molecule has 1 aromatic rings. The number of rotatable bonds is 1. The number of anilines is 1. The van der Waals surface area contributed by atoms with Crippen LogP contribution < -0.4 is 4.90 Å². The zero-order chi connectivity index (χ0) is 15.8. The summed E-state index contributed by atoms with van der Waals surface area (Å²) < 4.78 is 0. The van der Waals surface area contributed by atoms with E-state index in [0.717, 1.165) is 49.4 Å². The maximum atomic E-state index is 13.6. The van der Waals surface area contributed by atoms with Gasteiger partial charge >= 0.3 is 0 Å². The van der Waals surface area contributed by atoms with E-state index < -0.39 is 0 Å². The molecule has 4 aliphatic rings. The lowest BCUT2D eigenvalue weighted by Crippen LogP contribution is -2.43. The lowest BCUT2D eigenvalue weighted by Gasteiger charge is -2.37. The fraction of sp³-hybridized carbons (Fsp3) is 0.579. The van der Waals surface area contributed by atoms with Crippen LogP contribution in [0, 0.1) is 23.2 Å². The topological polar surface area (TPSA) is 33.2 Å². The van der Waals surface area contributed by atoms with Crippen molar-refractivity contribution in [3.63, 3.8) is 0 Å². The average molecular weight is 329 g/mol. The molecule has 2 fully saturated rings. The number of hydrogen-bond donors (Lipinski definition) is 0. The summed E-state index contributed by atoms with van der Waals surface area (Å²) in [6.45, 7) is 3.03. The van der Waals surface area contributed by atoms with Crippen LogP contribution in [0.5, 0.6) is 0 Å². The van der Waals surface area contributed by atoms with Crippen molar-refractivity contribution >= 4 is 23.2 Å². The number of hydrogen-bond acceptors (Lipinski definition) is 2. The normalized spacial score (nSPS) is 37.0. The van der Waals surface area contributed by atoms with E-state index in [1.165, 1.54) is 6.42 Å². The molecule has 0 radical (unpaired) electrons. The van der Waals surface area contributed by atoms with Crippen molar-refractivity contribution in [2.75, 3.05) is 11.4 Å². The van der Waals surface area contributed by atoms with Crippen LogP contribution >= 0.6 is 11.6 Å². The van der Waals surface area contributed by atoms with Gasteiger partial charge in [0.05, 0.1) is 11.1 Å². The molecule has 0 aromatic carbocycles. The van der Waals surface area contributed by atoms with E-state index in [-0.39, 0.29) is 5.41 Å². The molecule has 2 heterocycles. The van der Waals surface area contributed by atoms with E-state index in [2.05, 4.69) is 18.0 Å². The molecule has 1 aromatic heterocycles. The minimum atomic E-state index is -0.152. The number of halogens is 1. The number of pyridine rings is 1. The summed E-state index contributed by atoms with van der Waals surface area (Å²) in [4.78, 5) is 19.7. The van der Waals surface area contributed by atoms with Gasteiger partial charge in [-0.1, -0.05) is 30.2 Å². The van der Waals surface area contributed by atoms with Gasteiger partial charge in [-0.25, -0.2) is 4.98 Å². The fourth-order valence-electron chi connectivity index (χ4n) is 5.70. The average Bonchev–Trinajstić information content (AvgIpc) is 3.02. The molecule has 4 unspecified atom stereocenters. The van der Waals surface area contributed by atoms with Crippen molar-refractivity contribution in [1.29, 1.82) is 0 Å². The molecule has 4 heteroatoms. The van der Waals surface area contributed by atoms with Gasteiger partial charge in [-0.05, 0) is 55.9 Å². The highest BCUT2D eigenvalue weighted by molar-refractivity contribution is 6.30. The Morgan fingerprint density at radius 1 is 1.39 bits per heavy atom. The standard InChI is InChI=1S/C19H21ClN2O/c1-11-6-12-7-13-9-19(8-11,10-15(12)13)18(23)22-5-3-14-16(22)2-4-21-17(14)20/h2,4,6,11,13,15H,3,5,7-10H2,1H3. The molecule has 23 heavy (non-hydrogen) atoms. The summed E-state index contributed by atoms with van der Waals surface area (Å²) in [5.41, 5.74) is 3.51. The highest BCUT2D eigenvalue weighted by Crippen LogP contribution is 2.63. The Hall–Kier alpha value is -1.35. The third kappa shape index (κ3) is 1.83. The lowest BCUT2D eigenvalue weighted by molar-refractivity contribution is -0.128. The highest BCUT2D eigenvalue weighted by Gasteiger charge is 2.58. The van der Waals surface area contributed by atoms with Crippen molar-refractivity contribution in [2.24, 2.45) is 23.2 Å². The fourth-order valence-corrected chi connectivity index (χ4v) is 5.95. The second-order valence-electron chi connectivity index (χ2n) is 7.99. The molecule has 2 saturated carbocycles. The van der Waals surface area contributed by atoms with Crippen molar-refractivity contribution in [3.05, 3.63) is 34.6 Å².